The number of hydrogen-bond donors (Lipinski definition) is 2. The highest BCUT2D eigenvalue weighted by Crippen LogP contribution is 2.29. The lowest BCUT2D eigenvalue weighted by molar-refractivity contribution is 0.0855. The zero-order chi connectivity index (χ0) is 13.1. The van der Waals surface area contributed by atoms with Crippen molar-refractivity contribution in [1.82, 2.24) is 0 Å². The van der Waals surface area contributed by atoms with Crippen LogP contribution in [0.5, 0.6) is 0 Å². The molecular weight excluding hydrogens is 250 g/mol. The van der Waals surface area contributed by atoms with Crippen molar-refractivity contribution in [3.63, 3.8) is 0 Å². The molecule has 18 heavy (non-hydrogen) atoms. The summed E-state index contributed by atoms with van der Waals surface area (Å²) in [5, 5.41) is 8.03. The maximum absolute atomic E-state index is 7.39. The van der Waals surface area contributed by atoms with Crippen molar-refractivity contribution >= 4 is 23.1 Å². The molecule has 0 bridgehead atoms. The Labute approximate surface area is 112 Å². The summed E-state index contributed by atoms with van der Waals surface area (Å²) in [6, 6.07) is 5.96. The summed E-state index contributed by atoms with van der Waals surface area (Å²) >= 11 is 6.26. The van der Waals surface area contributed by atoms with Gasteiger partial charge >= 0.3 is 0 Å². The first-order chi connectivity index (χ1) is 8.59. The third-order valence-corrected chi connectivity index (χ3v) is 3.68. The Morgan fingerprint density at radius 2 is 2.11 bits per heavy atom. The van der Waals surface area contributed by atoms with Crippen molar-refractivity contribution < 1.29 is 4.74 Å². The molecule has 0 saturated carbocycles. The molecule has 0 aliphatic carbocycles. The van der Waals surface area contributed by atoms with Crippen LogP contribution in [0.2, 0.25) is 5.02 Å². The number of amidine groups is 1. The minimum Gasteiger partial charge on any atom is -0.384 e. The smallest absolute Gasteiger partial charge is 0.122 e. The molecule has 1 saturated heterocycles. The molecule has 1 heterocycles. The Morgan fingerprint density at radius 1 is 1.44 bits per heavy atom. The number of nitrogens with one attached hydrogen (secondary N) is 1. The normalized spacial score (nSPS) is 16.6. The number of benzene rings is 1. The summed E-state index contributed by atoms with van der Waals surface area (Å²) in [7, 11) is 2.05. The average Bonchev–Trinajstić information content (AvgIpc) is 2.38. The number of rotatable bonds is 3. The topological polar surface area (TPSA) is 62.3 Å². The maximum Gasteiger partial charge on any atom is 0.122 e. The van der Waals surface area contributed by atoms with Crippen molar-refractivity contribution in [1.29, 1.82) is 5.41 Å². The van der Waals surface area contributed by atoms with Gasteiger partial charge in [0.25, 0.3) is 0 Å². The van der Waals surface area contributed by atoms with Crippen molar-refractivity contribution in [3.8, 4) is 0 Å². The van der Waals surface area contributed by atoms with E-state index in [-0.39, 0.29) is 5.84 Å². The van der Waals surface area contributed by atoms with Crippen LogP contribution in [0.25, 0.3) is 0 Å². The number of halogens is 1. The largest absolute Gasteiger partial charge is 0.384 e. The predicted octanol–water partition coefficient (Wildman–Crippen LogP) is 2.24. The summed E-state index contributed by atoms with van der Waals surface area (Å²) in [5.41, 5.74) is 7.08. The van der Waals surface area contributed by atoms with E-state index in [1.807, 2.05) is 19.2 Å². The second kappa shape index (κ2) is 5.59. The van der Waals surface area contributed by atoms with Crippen molar-refractivity contribution in [2.24, 2.45) is 5.73 Å². The summed E-state index contributed by atoms with van der Waals surface area (Å²) in [5.74, 6) is 0.0390. The summed E-state index contributed by atoms with van der Waals surface area (Å²) in [4.78, 5) is 2.19. The number of hydrogen-bond acceptors (Lipinski definition) is 3. The van der Waals surface area contributed by atoms with Crippen molar-refractivity contribution in [2.45, 2.75) is 18.9 Å². The van der Waals surface area contributed by atoms with E-state index in [2.05, 4.69) is 4.90 Å². The molecule has 0 aromatic heterocycles. The highest BCUT2D eigenvalue weighted by Gasteiger charge is 2.20. The molecular formula is C13H18ClN3O. The molecule has 98 valence electrons. The van der Waals surface area contributed by atoms with Gasteiger partial charge < -0.3 is 15.4 Å². The molecule has 0 radical (unpaired) electrons. The van der Waals surface area contributed by atoms with Gasteiger partial charge in [-0.15, -0.1) is 0 Å². The van der Waals surface area contributed by atoms with Gasteiger partial charge in [0.15, 0.2) is 0 Å². The fourth-order valence-corrected chi connectivity index (χ4v) is 2.54. The first-order valence-corrected chi connectivity index (χ1v) is 6.42. The van der Waals surface area contributed by atoms with Gasteiger partial charge in [0.05, 0.1) is 10.7 Å². The van der Waals surface area contributed by atoms with E-state index >= 15 is 0 Å². The highest BCUT2D eigenvalue weighted by molar-refractivity contribution is 6.33. The lowest BCUT2D eigenvalue weighted by Crippen LogP contribution is -2.36. The molecule has 0 amide bonds. The first kappa shape index (κ1) is 13.2. The van der Waals surface area contributed by atoms with E-state index in [9.17, 15) is 0 Å². The summed E-state index contributed by atoms with van der Waals surface area (Å²) < 4.78 is 5.36. The third kappa shape index (κ3) is 2.76. The minimum atomic E-state index is 0.0390. The fourth-order valence-electron chi connectivity index (χ4n) is 2.23. The monoisotopic (exact) mass is 267 g/mol. The minimum absolute atomic E-state index is 0.0390. The number of nitrogens with two attached hydrogens (primary N) is 1. The van der Waals surface area contributed by atoms with Crippen LogP contribution in [0, 0.1) is 5.41 Å². The van der Waals surface area contributed by atoms with Crippen LogP contribution in [-0.2, 0) is 4.74 Å². The van der Waals surface area contributed by atoms with Gasteiger partial charge in [0, 0.05) is 31.9 Å². The molecule has 0 unspecified atom stereocenters. The van der Waals surface area contributed by atoms with Crippen LogP contribution in [-0.4, -0.2) is 32.1 Å². The number of nitrogen functional groups attached to an aromatic ring is 1. The maximum atomic E-state index is 7.39. The van der Waals surface area contributed by atoms with Crippen LogP contribution >= 0.6 is 11.6 Å². The molecule has 4 nitrogen and oxygen atoms in total. The van der Waals surface area contributed by atoms with Gasteiger partial charge in [0.2, 0.25) is 0 Å². The zero-order valence-corrected chi connectivity index (χ0v) is 11.2. The molecule has 3 N–H and O–H groups in total. The Kier molecular flexibility index (Phi) is 4.09. The van der Waals surface area contributed by atoms with Crippen LogP contribution in [0.15, 0.2) is 18.2 Å². The van der Waals surface area contributed by atoms with E-state index in [1.165, 1.54) is 0 Å². The van der Waals surface area contributed by atoms with E-state index in [0.717, 1.165) is 31.7 Å². The molecule has 0 atom stereocenters. The quantitative estimate of drug-likeness (QED) is 0.652. The molecule has 1 aromatic rings. The molecule has 5 heteroatoms. The molecule has 1 aliphatic heterocycles. The number of anilines is 1. The SMILES string of the molecule is CN(c1ccc(C(=N)N)cc1Cl)C1CCOCC1. The Hall–Kier alpha value is -1.26. The van der Waals surface area contributed by atoms with Crippen LogP contribution in [0.3, 0.4) is 0 Å². The van der Waals surface area contributed by atoms with E-state index in [4.69, 9.17) is 27.5 Å². The second-order valence-corrected chi connectivity index (χ2v) is 4.94. The Morgan fingerprint density at radius 3 is 2.67 bits per heavy atom. The van der Waals surface area contributed by atoms with Gasteiger partial charge in [-0.05, 0) is 31.0 Å². The van der Waals surface area contributed by atoms with Crippen LogP contribution < -0.4 is 10.6 Å². The van der Waals surface area contributed by atoms with Crippen molar-refractivity contribution in [2.75, 3.05) is 25.2 Å². The van der Waals surface area contributed by atoms with Crippen molar-refractivity contribution in [3.05, 3.63) is 28.8 Å². The summed E-state index contributed by atoms with van der Waals surface area (Å²) in [6.07, 6.45) is 2.03. The molecule has 2 rings (SSSR count). The highest BCUT2D eigenvalue weighted by atomic mass is 35.5. The van der Waals surface area contributed by atoms with Crippen LogP contribution in [0.4, 0.5) is 5.69 Å². The van der Waals surface area contributed by atoms with Gasteiger partial charge in [-0.25, -0.2) is 0 Å². The van der Waals surface area contributed by atoms with Gasteiger partial charge in [-0.3, -0.25) is 5.41 Å². The van der Waals surface area contributed by atoms with E-state index in [1.54, 1.807) is 6.07 Å². The third-order valence-electron chi connectivity index (χ3n) is 3.38. The van der Waals surface area contributed by atoms with Gasteiger partial charge in [-0.1, -0.05) is 11.6 Å². The molecule has 0 spiro atoms. The summed E-state index contributed by atoms with van der Waals surface area (Å²) in [6.45, 7) is 1.61. The van der Waals surface area contributed by atoms with Crippen LogP contribution in [0.1, 0.15) is 18.4 Å². The lowest BCUT2D eigenvalue weighted by atomic mass is 10.1. The Balaban J connectivity index is 2.19. The van der Waals surface area contributed by atoms with Gasteiger partial charge in [0.1, 0.15) is 5.84 Å². The molecule has 1 fully saturated rings. The molecule has 1 aliphatic rings. The zero-order valence-electron chi connectivity index (χ0n) is 10.4. The van der Waals surface area contributed by atoms with Gasteiger partial charge in [-0.2, -0.15) is 0 Å². The standard InChI is InChI=1S/C13H18ClN3O/c1-17(10-4-6-18-7-5-10)12-3-2-9(13(15)16)8-11(12)14/h2-3,8,10H,4-7H2,1H3,(H3,15,16). The lowest BCUT2D eigenvalue weighted by Gasteiger charge is -2.33. The number of ether oxygens (including phenoxy) is 1. The number of nitrogens with zero attached hydrogens (tertiary/aromatic N) is 1. The first-order valence-electron chi connectivity index (χ1n) is 6.04. The van der Waals surface area contributed by atoms with E-state index in [0.29, 0.717) is 16.6 Å². The average molecular weight is 268 g/mol. The predicted molar refractivity (Wildman–Crippen MR) is 74.7 cm³/mol. The Bertz CT molecular complexity index is 444. The fraction of sp³-hybridized carbons (Fsp3) is 0.462. The second-order valence-electron chi connectivity index (χ2n) is 4.53. The van der Waals surface area contributed by atoms with E-state index < -0.39 is 0 Å². The molecule has 1 aromatic carbocycles.